The van der Waals surface area contributed by atoms with Gasteiger partial charge in [-0.3, -0.25) is 0 Å². The Hall–Kier alpha value is -1.87. The van der Waals surface area contributed by atoms with Crippen molar-refractivity contribution < 1.29 is 44.7 Å². The maximum Gasteiger partial charge on any atom is 0.381 e. The number of hydrogen-bond acceptors (Lipinski definition) is 2. The summed E-state index contributed by atoms with van der Waals surface area (Å²) in [6.45, 7) is -2.48. The van der Waals surface area contributed by atoms with Crippen LogP contribution in [0.2, 0.25) is 0 Å². The number of rotatable bonds is 6. The van der Waals surface area contributed by atoms with Gasteiger partial charge in [0, 0.05) is 0 Å². The Morgan fingerprint density at radius 3 is 1.95 bits per heavy atom. The van der Waals surface area contributed by atoms with Crippen molar-refractivity contribution in [3.63, 3.8) is 0 Å². The highest BCUT2D eigenvalue weighted by molar-refractivity contribution is 5.89. The molecule has 0 N–H and O–H groups in total. The summed E-state index contributed by atoms with van der Waals surface area (Å²) >= 11 is 0. The predicted molar refractivity (Wildman–Crippen MR) is 57.6 cm³/mol. The molecule has 0 aliphatic heterocycles. The van der Waals surface area contributed by atoms with Crippen LogP contribution in [0, 0.1) is 0 Å². The molecular weight excluding hydrogens is 328 g/mol. The van der Waals surface area contributed by atoms with Gasteiger partial charge in [0.1, 0.15) is 0 Å². The summed E-state index contributed by atoms with van der Waals surface area (Å²) in [5, 5.41) is 0. The minimum atomic E-state index is -6.40. The van der Waals surface area contributed by atoms with Crippen LogP contribution in [-0.4, -0.2) is 36.8 Å². The second-order valence-electron chi connectivity index (χ2n) is 4.14. The van der Waals surface area contributed by atoms with Crippen LogP contribution in [-0.2, 0) is 4.74 Å². The number of carbonyl (C=O) groups is 1. The Morgan fingerprint density at radius 2 is 1.50 bits per heavy atom. The van der Waals surface area contributed by atoms with Gasteiger partial charge in [-0.05, 0) is 12.1 Å². The molecule has 0 aliphatic carbocycles. The molecule has 0 heterocycles. The highest BCUT2D eigenvalue weighted by Gasteiger charge is 2.75. The van der Waals surface area contributed by atoms with Crippen LogP contribution in [0.5, 0.6) is 0 Å². The van der Waals surface area contributed by atoms with Crippen molar-refractivity contribution in [1.29, 1.82) is 0 Å². The van der Waals surface area contributed by atoms with Gasteiger partial charge in [0.05, 0.1) is 5.56 Å². The molecule has 0 saturated heterocycles. The van der Waals surface area contributed by atoms with Crippen LogP contribution in [0.15, 0.2) is 30.3 Å². The summed E-state index contributed by atoms with van der Waals surface area (Å²) in [4.78, 5) is 11.3. The molecule has 124 valence electrons. The number of benzene rings is 1. The first kappa shape index (κ1) is 18.2. The van der Waals surface area contributed by atoms with Crippen LogP contribution in [0.3, 0.4) is 0 Å². The lowest BCUT2D eigenvalue weighted by molar-refractivity contribution is -0.343. The van der Waals surface area contributed by atoms with E-state index in [1.54, 1.807) is 0 Å². The molecule has 0 aliphatic rings. The van der Waals surface area contributed by atoms with Crippen LogP contribution >= 0.6 is 0 Å². The van der Waals surface area contributed by atoms with Crippen molar-refractivity contribution in [3.05, 3.63) is 35.9 Å². The number of hydrogen-bond donors (Lipinski definition) is 0. The summed E-state index contributed by atoms with van der Waals surface area (Å²) in [6.07, 6.45) is -5.02. The zero-order valence-electron chi connectivity index (χ0n) is 10.5. The zero-order chi connectivity index (χ0) is 17.2. The molecule has 2 nitrogen and oxygen atoms in total. The van der Waals surface area contributed by atoms with Gasteiger partial charge >= 0.3 is 30.2 Å². The van der Waals surface area contributed by atoms with Gasteiger partial charge in [-0.2, -0.15) is 26.3 Å². The third-order valence-electron chi connectivity index (χ3n) is 2.55. The highest BCUT2D eigenvalue weighted by atomic mass is 19.4. The normalized spacial score (nSPS) is 13.3. The minimum Gasteiger partial charge on any atom is -0.455 e. The van der Waals surface area contributed by atoms with E-state index < -0.39 is 36.8 Å². The highest BCUT2D eigenvalue weighted by Crippen LogP contribution is 2.48. The van der Waals surface area contributed by atoms with Gasteiger partial charge in [0.15, 0.2) is 6.61 Å². The van der Waals surface area contributed by atoms with Crippen molar-refractivity contribution in [2.24, 2.45) is 0 Å². The molecule has 1 aromatic rings. The first-order chi connectivity index (χ1) is 9.93. The number of carbonyl (C=O) groups excluding carboxylic acids is 1. The average molecular weight is 336 g/mol. The monoisotopic (exact) mass is 336 g/mol. The summed E-state index contributed by atoms with van der Waals surface area (Å²) in [6, 6.07) is 6.23. The van der Waals surface area contributed by atoms with Crippen LogP contribution in [0.4, 0.5) is 35.1 Å². The van der Waals surface area contributed by atoms with Crippen LogP contribution < -0.4 is 0 Å². The van der Waals surface area contributed by atoms with E-state index in [2.05, 4.69) is 4.74 Å². The lowest BCUT2D eigenvalue weighted by Gasteiger charge is -2.31. The molecule has 0 spiro atoms. The Balaban J connectivity index is 2.85. The molecular formula is C12H8F8O2. The van der Waals surface area contributed by atoms with Gasteiger partial charge < -0.3 is 4.74 Å². The first-order valence-electron chi connectivity index (χ1n) is 5.57. The zero-order valence-corrected chi connectivity index (χ0v) is 10.5. The topological polar surface area (TPSA) is 26.3 Å². The number of halogens is 8. The molecule has 22 heavy (non-hydrogen) atoms. The van der Waals surface area contributed by atoms with Crippen molar-refractivity contribution in [3.8, 4) is 0 Å². The van der Waals surface area contributed by atoms with E-state index in [0.29, 0.717) is 0 Å². The van der Waals surface area contributed by atoms with Crippen molar-refractivity contribution in [2.75, 3.05) is 6.61 Å². The molecule has 0 unspecified atom stereocenters. The molecule has 0 radical (unpaired) electrons. The molecule has 0 saturated carbocycles. The van der Waals surface area contributed by atoms with Crippen LogP contribution in [0.25, 0.3) is 0 Å². The molecule has 0 bridgehead atoms. The van der Waals surface area contributed by atoms with Gasteiger partial charge in [-0.15, -0.1) is 0 Å². The lowest BCUT2D eigenvalue weighted by atomic mass is 10.1. The molecule has 1 aromatic carbocycles. The second-order valence-corrected chi connectivity index (χ2v) is 4.14. The van der Waals surface area contributed by atoms with Crippen molar-refractivity contribution in [2.45, 2.75) is 24.2 Å². The first-order valence-corrected chi connectivity index (χ1v) is 5.57. The van der Waals surface area contributed by atoms with E-state index in [9.17, 15) is 39.9 Å². The Labute approximate surface area is 118 Å². The smallest absolute Gasteiger partial charge is 0.381 e. The molecule has 0 aromatic heterocycles. The van der Waals surface area contributed by atoms with Gasteiger partial charge in [-0.1, -0.05) is 18.2 Å². The van der Waals surface area contributed by atoms with Gasteiger partial charge in [0.2, 0.25) is 0 Å². The lowest BCUT2D eigenvalue weighted by Crippen LogP contribution is -2.59. The molecule has 0 amide bonds. The maximum atomic E-state index is 13.1. The fourth-order valence-electron chi connectivity index (χ4n) is 1.29. The summed E-state index contributed by atoms with van der Waals surface area (Å²) in [5.74, 6) is -19.9. The molecule has 0 fully saturated rings. The Morgan fingerprint density at radius 1 is 1.00 bits per heavy atom. The van der Waals surface area contributed by atoms with Gasteiger partial charge in [-0.25, -0.2) is 13.6 Å². The van der Waals surface area contributed by atoms with E-state index >= 15 is 0 Å². The fraction of sp³-hybridized carbons (Fsp3) is 0.417. The van der Waals surface area contributed by atoms with E-state index in [1.165, 1.54) is 18.2 Å². The summed E-state index contributed by atoms with van der Waals surface area (Å²) in [7, 11) is 0. The quantitative estimate of drug-likeness (QED) is 0.579. The number of ether oxygens (including phenoxy) is 1. The minimum absolute atomic E-state index is 0.303. The van der Waals surface area contributed by atoms with Crippen molar-refractivity contribution >= 4 is 5.97 Å². The standard InChI is InChI=1S/C12H8F8O2/c13-9(14)11(17,18)12(19,20)10(15,16)6-22-8(21)7-4-2-1-3-5-7/h1-5,9H,6H2. The summed E-state index contributed by atoms with van der Waals surface area (Å²) < 4.78 is 105. The van der Waals surface area contributed by atoms with E-state index in [0.717, 1.165) is 12.1 Å². The third kappa shape index (κ3) is 3.30. The molecule has 10 heteroatoms. The average Bonchev–Trinajstić information content (AvgIpc) is 2.45. The van der Waals surface area contributed by atoms with Crippen LogP contribution in [0.1, 0.15) is 10.4 Å². The SMILES string of the molecule is O=C(OCC(F)(F)C(F)(F)C(F)(F)C(F)F)c1ccccc1. The number of alkyl halides is 8. The second kappa shape index (κ2) is 6.09. The Kier molecular flexibility index (Phi) is 5.03. The molecule has 1 rings (SSSR count). The largest absolute Gasteiger partial charge is 0.455 e. The van der Waals surface area contributed by atoms with E-state index in [1.807, 2.05) is 0 Å². The van der Waals surface area contributed by atoms with Crippen molar-refractivity contribution in [1.82, 2.24) is 0 Å². The maximum absolute atomic E-state index is 13.1. The summed E-state index contributed by atoms with van der Waals surface area (Å²) in [5.41, 5.74) is -0.303. The third-order valence-corrected chi connectivity index (χ3v) is 2.55. The van der Waals surface area contributed by atoms with E-state index in [4.69, 9.17) is 0 Å². The van der Waals surface area contributed by atoms with Gasteiger partial charge in [0.25, 0.3) is 0 Å². The Bertz CT molecular complexity index is 515. The molecule has 0 atom stereocenters. The van der Waals surface area contributed by atoms with E-state index in [-0.39, 0.29) is 5.56 Å². The number of esters is 1. The predicted octanol–water partition coefficient (Wildman–Crippen LogP) is 4.01. The fourth-order valence-corrected chi connectivity index (χ4v) is 1.29.